The highest BCUT2D eigenvalue weighted by molar-refractivity contribution is 5.84. The van der Waals surface area contributed by atoms with Crippen LogP contribution in [-0.4, -0.2) is 27.8 Å². The Kier molecular flexibility index (Phi) is 2.83. The first-order valence-electron chi connectivity index (χ1n) is 4.75. The molecule has 0 bridgehead atoms. The minimum atomic E-state index is -0.613. The molecule has 2 aromatic rings. The minimum absolute atomic E-state index is 0.0414. The fourth-order valence-electron chi connectivity index (χ4n) is 1.33. The van der Waals surface area contributed by atoms with E-state index in [1.807, 2.05) is 6.07 Å². The SMILES string of the molecule is COC(=O)c1ncn(-c2ccccc2C#N)n1. The molecule has 1 aromatic heterocycles. The van der Waals surface area contributed by atoms with Crippen LogP contribution in [-0.2, 0) is 4.74 Å². The molecule has 0 amide bonds. The van der Waals surface area contributed by atoms with Crippen LogP contribution in [0.2, 0.25) is 0 Å². The molecule has 0 N–H and O–H groups in total. The summed E-state index contributed by atoms with van der Waals surface area (Å²) in [4.78, 5) is 15.0. The monoisotopic (exact) mass is 228 g/mol. The molecule has 0 spiro atoms. The number of ether oxygens (including phenoxy) is 1. The summed E-state index contributed by atoms with van der Waals surface area (Å²) in [5.41, 5.74) is 1.02. The van der Waals surface area contributed by atoms with Gasteiger partial charge in [0.25, 0.3) is 5.82 Å². The third kappa shape index (κ3) is 1.99. The van der Waals surface area contributed by atoms with E-state index in [-0.39, 0.29) is 5.82 Å². The van der Waals surface area contributed by atoms with E-state index in [2.05, 4.69) is 14.8 Å². The lowest BCUT2D eigenvalue weighted by Crippen LogP contribution is -2.05. The third-order valence-corrected chi connectivity index (χ3v) is 2.13. The van der Waals surface area contributed by atoms with Crippen molar-refractivity contribution >= 4 is 5.97 Å². The Bertz CT molecular complexity index is 598. The maximum Gasteiger partial charge on any atom is 0.377 e. The number of para-hydroxylation sites is 1. The first kappa shape index (κ1) is 10.8. The molecule has 1 heterocycles. The lowest BCUT2D eigenvalue weighted by atomic mass is 10.2. The van der Waals surface area contributed by atoms with Crippen LogP contribution in [0.1, 0.15) is 16.2 Å². The van der Waals surface area contributed by atoms with E-state index in [4.69, 9.17) is 5.26 Å². The number of aromatic nitrogens is 3. The van der Waals surface area contributed by atoms with Crippen LogP contribution < -0.4 is 0 Å². The molecule has 0 aliphatic heterocycles. The highest BCUT2D eigenvalue weighted by Crippen LogP contribution is 2.11. The summed E-state index contributed by atoms with van der Waals surface area (Å²) in [6.45, 7) is 0. The second-order valence-corrected chi connectivity index (χ2v) is 3.13. The molecule has 0 saturated heterocycles. The second kappa shape index (κ2) is 4.45. The van der Waals surface area contributed by atoms with Crippen molar-refractivity contribution in [3.8, 4) is 11.8 Å². The number of benzene rings is 1. The molecular formula is C11H8N4O2. The van der Waals surface area contributed by atoms with Gasteiger partial charge >= 0.3 is 5.97 Å². The fourth-order valence-corrected chi connectivity index (χ4v) is 1.33. The molecule has 0 aliphatic rings. The number of carbonyl (C=O) groups is 1. The number of esters is 1. The van der Waals surface area contributed by atoms with Crippen molar-refractivity contribution in [1.82, 2.24) is 14.8 Å². The number of hydrogen-bond donors (Lipinski definition) is 0. The van der Waals surface area contributed by atoms with Gasteiger partial charge in [0, 0.05) is 0 Å². The summed E-state index contributed by atoms with van der Waals surface area (Å²) in [6.07, 6.45) is 1.36. The molecule has 1 aromatic carbocycles. The standard InChI is InChI=1S/C11H8N4O2/c1-17-11(16)10-13-7-15(14-10)9-5-3-2-4-8(9)6-12/h2-5,7H,1H3. The average molecular weight is 228 g/mol. The van der Waals surface area contributed by atoms with Crippen LogP contribution in [0.3, 0.4) is 0 Å². The Morgan fingerprint density at radius 3 is 2.94 bits per heavy atom. The second-order valence-electron chi connectivity index (χ2n) is 3.13. The van der Waals surface area contributed by atoms with E-state index in [9.17, 15) is 4.79 Å². The van der Waals surface area contributed by atoms with Crippen LogP contribution in [0.25, 0.3) is 5.69 Å². The molecule has 0 fully saturated rings. The maximum absolute atomic E-state index is 11.2. The molecule has 6 nitrogen and oxygen atoms in total. The van der Waals surface area contributed by atoms with Crippen molar-refractivity contribution in [3.05, 3.63) is 42.0 Å². The predicted molar refractivity (Wildman–Crippen MR) is 57.4 cm³/mol. The zero-order valence-corrected chi connectivity index (χ0v) is 8.99. The van der Waals surface area contributed by atoms with Crippen molar-refractivity contribution < 1.29 is 9.53 Å². The Morgan fingerprint density at radius 1 is 1.47 bits per heavy atom. The van der Waals surface area contributed by atoms with Crippen LogP contribution in [0.15, 0.2) is 30.6 Å². The van der Waals surface area contributed by atoms with Gasteiger partial charge in [0.15, 0.2) is 0 Å². The highest BCUT2D eigenvalue weighted by Gasteiger charge is 2.13. The largest absolute Gasteiger partial charge is 0.463 e. The van der Waals surface area contributed by atoms with Crippen LogP contribution in [0.5, 0.6) is 0 Å². The number of methoxy groups -OCH3 is 1. The first-order chi connectivity index (χ1) is 8.26. The lowest BCUT2D eigenvalue weighted by Gasteiger charge is -2.01. The zero-order chi connectivity index (χ0) is 12.3. The van der Waals surface area contributed by atoms with Gasteiger partial charge in [0.2, 0.25) is 0 Å². The maximum atomic E-state index is 11.2. The molecule has 0 atom stereocenters. The summed E-state index contributed by atoms with van der Waals surface area (Å²) < 4.78 is 5.87. The summed E-state index contributed by atoms with van der Waals surface area (Å²) in [6, 6.07) is 8.94. The molecule has 84 valence electrons. The van der Waals surface area contributed by atoms with E-state index >= 15 is 0 Å². The van der Waals surface area contributed by atoms with Crippen molar-refractivity contribution in [2.75, 3.05) is 7.11 Å². The van der Waals surface area contributed by atoms with E-state index < -0.39 is 5.97 Å². The molecule has 17 heavy (non-hydrogen) atoms. The van der Waals surface area contributed by atoms with Crippen molar-refractivity contribution in [2.24, 2.45) is 0 Å². The molecule has 0 aliphatic carbocycles. The number of rotatable bonds is 2. The first-order valence-corrected chi connectivity index (χ1v) is 4.75. The highest BCUT2D eigenvalue weighted by atomic mass is 16.5. The van der Waals surface area contributed by atoms with Gasteiger partial charge in [-0.2, -0.15) is 5.26 Å². The number of nitriles is 1. The Morgan fingerprint density at radius 2 is 2.24 bits per heavy atom. The van der Waals surface area contributed by atoms with Crippen molar-refractivity contribution in [1.29, 1.82) is 5.26 Å². The van der Waals surface area contributed by atoms with Gasteiger partial charge in [-0.15, -0.1) is 5.10 Å². The van der Waals surface area contributed by atoms with E-state index in [1.54, 1.807) is 24.3 Å². The molecule has 0 saturated carbocycles. The molecule has 2 rings (SSSR count). The Labute approximate surface area is 97.1 Å². The normalized spacial score (nSPS) is 9.65. The Hall–Kier alpha value is -2.68. The molecular weight excluding hydrogens is 220 g/mol. The van der Waals surface area contributed by atoms with Gasteiger partial charge in [-0.25, -0.2) is 14.5 Å². The Balaban J connectivity index is 2.44. The van der Waals surface area contributed by atoms with Crippen LogP contribution in [0.4, 0.5) is 0 Å². The minimum Gasteiger partial charge on any atom is -0.463 e. The van der Waals surface area contributed by atoms with Gasteiger partial charge in [0.05, 0.1) is 18.4 Å². The van der Waals surface area contributed by atoms with E-state index in [0.29, 0.717) is 11.3 Å². The van der Waals surface area contributed by atoms with Gasteiger partial charge in [-0.1, -0.05) is 12.1 Å². The average Bonchev–Trinajstić information content (AvgIpc) is 2.87. The van der Waals surface area contributed by atoms with Gasteiger partial charge in [-0.3, -0.25) is 0 Å². The van der Waals surface area contributed by atoms with Crippen molar-refractivity contribution in [2.45, 2.75) is 0 Å². The molecule has 6 heteroatoms. The van der Waals surface area contributed by atoms with Gasteiger partial charge in [-0.05, 0) is 12.1 Å². The predicted octanol–water partition coefficient (Wildman–Crippen LogP) is 0.926. The summed E-state index contributed by atoms with van der Waals surface area (Å²) >= 11 is 0. The van der Waals surface area contributed by atoms with Crippen molar-refractivity contribution in [3.63, 3.8) is 0 Å². The van der Waals surface area contributed by atoms with Gasteiger partial charge in [0.1, 0.15) is 12.4 Å². The quantitative estimate of drug-likeness (QED) is 0.714. The summed E-state index contributed by atoms with van der Waals surface area (Å²) in [5.74, 6) is -0.654. The lowest BCUT2D eigenvalue weighted by molar-refractivity contribution is 0.0587. The smallest absolute Gasteiger partial charge is 0.377 e. The third-order valence-electron chi connectivity index (χ3n) is 2.13. The summed E-state index contributed by atoms with van der Waals surface area (Å²) in [5, 5.41) is 12.9. The fraction of sp³-hybridized carbons (Fsp3) is 0.0909. The van der Waals surface area contributed by atoms with E-state index in [1.165, 1.54) is 18.1 Å². The number of nitrogens with zero attached hydrogens (tertiary/aromatic N) is 4. The molecule has 0 unspecified atom stereocenters. The zero-order valence-electron chi connectivity index (χ0n) is 8.99. The van der Waals surface area contributed by atoms with Gasteiger partial charge < -0.3 is 4.74 Å². The van der Waals surface area contributed by atoms with Crippen LogP contribution in [0, 0.1) is 11.3 Å². The summed E-state index contributed by atoms with van der Waals surface area (Å²) in [7, 11) is 1.26. The van der Waals surface area contributed by atoms with Crippen LogP contribution >= 0.6 is 0 Å². The van der Waals surface area contributed by atoms with E-state index in [0.717, 1.165) is 0 Å². The molecule has 0 radical (unpaired) electrons. The number of hydrogen-bond acceptors (Lipinski definition) is 5. The number of carbonyl (C=O) groups excluding carboxylic acids is 1. The topological polar surface area (TPSA) is 80.8 Å².